The van der Waals surface area contributed by atoms with Crippen molar-refractivity contribution in [1.29, 1.82) is 0 Å². The van der Waals surface area contributed by atoms with E-state index in [1.165, 1.54) is 12.1 Å². The lowest BCUT2D eigenvalue weighted by Gasteiger charge is -2.35. The molecule has 1 heterocycles. The van der Waals surface area contributed by atoms with E-state index < -0.39 is 29.8 Å². The maximum atomic E-state index is 13.6. The summed E-state index contributed by atoms with van der Waals surface area (Å²) in [7, 11) is 0. The predicted octanol–water partition coefficient (Wildman–Crippen LogP) is 2.94. The molecule has 1 aliphatic carbocycles. The van der Waals surface area contributed by atoms with Crippen molar-refractivity contribution in [3.05, 3.63) is 34.3 Å². The van der Waals surface area contributed by atoms with Crippen molar-refractivity contribution >= 4 is 22.0 Å². The third-order valence-electron chi connectivity index (χ3n) is 3.52. The highest BCUT2D eigenvalue weighted by Crippen LogP contribution is 2.59. The first-order valence-electron chi connectivity index (χ1n) is 5.69. The van der Waals surface area contributed by atoms with Gasteiger partial charge in [0, 0.05) is 10.4 Å². The lowest BCUT2D eigenvalue weighted by Crippen LogP contribution is -2.48. The van der Waals surface area contributed by atoms with E-state index in [0.29, 0.717) is 10.9 Å². The molecule has 3 nitrogen and oxygen atoms in total. The maximum absolute atomic E-state index is 13.6. The summed E-state index contributed by atoms with van der Waals surface area (Å²) < 4.78 is 46.5. The lowest BCUT2D eigenvalue weighted by atomic mass is 9.84. The average Bonchev–Trinajstić information content (AvgIpc) is 3.05. The Morgan fingerprint density at radius 1 is 1.42 bits per heavy atom. The molecule has 0 bridgehead atoms. The van der Waals surface area contributed by atoms with Crippen LogP contribution in [0.15, 0.2) is 33.7 Å². The van der Waals surface area contributed by atoms with Gasteiger partial charge in [-0.25, -0.2) is 4.99 Å². The van der Waals surface area contributed by atoms with Crippen LogP contribution in [0.25, 0.3) is 0 Å². The fourth-order valence-corrected chi connectivity index (χ4v) is 3.02. The number of aliphatic imine (C=N–C) groups is 1. The summed E-state index contributed by atoms with van der Waals surface area (Å²) in [6.07, 6.45) is -4.68. The number of halogens is 4. The number of ether oxygens (including phenoxy) is 1. The summed E-state index contributed by atoms with van der Waals surface area (Å²) in [4.78, 5) is 3.65. The second kappa shape index (κ2) is 3.88. The smallest absolute Gasteiger partial charge is 0.418 e. The third-order valence-corrected chi connectivity index (χ3v) is 4.02. The first kappa shape index (κ1) is 12.8. The van der Waals surface area contributed by atoms with Gasteiger partial charge in [-0.3, -0.25) is 0 Å². The molecule has 1 aromatic rings. The summed E-state index contributed by atoms with van der Waals surface area (Å²) >= 11 is 3.19. The number of fused-ring (bicyclic) bond motifs is 1. The lowest BCUT2D eigenvalue weighted by molar-refractivity contribution is -0.200. The van der Waals surface area contributed by atoms with Crippen LogP contribution in [0.5, 0.6) is 0 Å². The van der Waals surface area contributed by atoms with Crippen LogP contribution in [0.4, 0.5) is 13.2 Å². The zero-order valence-corrected chi connectivity index (χ0v) is 11.2. The molecule has 0 aromatic heterocycles. The molecular formula is C12H10BrF3N2O. The summed E-state index contributed by atoms with van der Waals surface area (Å²) in [6.45, 7) is 0. The predicted molar refractivity (Wildman–Crippen MR) is 66.5 cm³/mol. The molecule has 19 heavy (non-hydrogen) atoms. The summed E-state index contributed by atoms with van der Waals surface area (Å²) in [5.41, 5.74) is 3.22. The van der Waals surface area contributed by atoms with E-state index in [9.17, 15) is 13.2 Å². The fraction of sp³-hybridized carbons (Fsp3) is 0.417. The molecule has 1 aromatic carbocycles. The van der Waals surface area contributed by atoms with E-state index in [0.717, 1.165) is 0 Å². The second-order valence-electron chi connectivity index (χ2n) is 4.72. The van der Waals surface area contributed by atoms with Gasteiger partial charge in [0.25, 0.3) is 6.02 Å². The molecule has 0 amide bonds. The van der Waals surface area contributed by atoms with Gasteiger partial charge >= 0.3 is 6.18 Å². The van der Waals surface area contributed by atoms with Gasteiger partial charge in [0.05, 0.1) is 0 Å². The van der Waals surface area contributed by atoms with Crippen molar-refractivity contribution in [3.8, 4) is 0 Å². The van der Waals surface area contributed by atoms with Crippen molar-refractivity contribution in [3.63, 3.8) is 0 Å². The molecule has 0 radical (unpaired) electrons. The molecular weight excluding hydrogens is 325 g/mol. The van der Waals surface area contributed by atoms with Crippen LogP contribution >= 0.6 is 15.9 Å². The number of nitrogens with zero attached hydrogens (tertiary/aromatic N) is 1. The van der Waals surface area contributed by atoms with Gasteiger partial charge < -0.3 is 10.5 Å². The second-order valence-corrected chi connectivity index (χ2v) is 5.64. The number of alkyl halides is 3. The molecule has 3 rings (SSSR count). The van der Waals surface area contributed by atoms with Crippen LogP contribution in [0.2, 0.25) is 0 Å². The molecule has 7 heteroatoms. The van der Waals surface area contributed by atoms with Crippen LogP contribution in [0.3, 0.4) is 0 Å². The average molecular weight is 335 g/mol. The number of amidine groups is 1. The van der Waals surface area contributed by atoms with Gasteiger partial charge in [0.2, 0.25) is 0 Å². The van der Waals surface area contributed by atoms with Crippen LogP contribution in [-0.2, 0) is 10.3 Å². The van der Waals surface area contributed by atoms with E-state index in [1.807, 2.05) is 0 Å². The van der Waals surface area contributed by atoms with E-state index in [4.69, 9.17) is 10.5 Å². The van der Waals surface area contributed by atoms with Gasteiger partial charge in [-0.05, 0) is 24.1 Å². The van der Waals surface area contributed by atoms with E-state index in [1.54, 1.807) is 12.1 Å². The molecule has 0 spiro atoms. The molecule has 1 fully saturated rings. The van der Waals surface area contributed by atoms with Crippen LogP contribution < -0.4 is 5.73 Å². The molecule has 2 N–H and O–H groups in total. The summed E-state index contributed by atoms with van der Waals surface area (Å²) in [5, 5.41) is 0. The van der Waals surface area contributed by atoms with Gasteiger partial charge in [-0.15, -0.1) is 0 Å². The number of nitrogens with two attached hydrogens (primary N) is 1. The monoisotopic (exact) mass is 334 g/mol. The standard InChI is InChI=1S/C12H10BrF3N2O/c13-7-3-1-2-6(4-7)11(12(14,15)16)8-5-9(8)19-10(17)18-11/h1-4,8-9H,5H2,(H2,17,18). The normalized spacial score (nSPS) is 33.2. The Kier molecular flexibility index (Phi) is 2.61. The Bertz CT molecular complexity index is 560. The Morgan fingerprint density at radius 3 is 2.79 bits per heavy atom. The number of rotatable bonds is 1. The molecule has 0 saturated heterocycles. The first-order valence-corrected chi connectivity index (χ1v) is 6.48. The summed E-state index contributed by atoms with van der Waals surface area (Å²) in [6, 6.07) is 5.70. The minimum absolute atomic E-state index is 0.0909. The zero-order chi connectivity index (χ0) is 13.8. The van der Waals surface area contributed by atoms with Crippen molar-refractivity contribution < 1.29 is 17.9 Å². The topological polar surface area (TPSA) is 47.6 Å². The minimum atomic E-state index is -4.51. The first-order chi connectivity index (χ1) is 8.84. The van der Waals surface area contributed by atoms with Crippen molar-refractivity contribution in [2.75, 3.05) is 0 Å². The van der Waals surface area contributed by atoms with Gasteiger partial charge in [-0.2, -0.15) is 13.2 Å². The van der Waals surface area contributed by atoms with Crippen molar-refractivity contribution in [1.82, 2.24) is 0 Å². The number of hydrogen-bond acceptors (Lipinski definition) is 3. The van der Waals surface area contributed by atoms with Crippen LogP contribution in [-0.4, -0.2) is 18.3 Å². The van der Waals surface area contributed by atoms with Gasteiger partial charge in [0.15, 0.2) is 5.54 Å². The number of hydrogen-bond donors (Lipinski definition) is 1. The zero-order valence-electron chi connectivity index (χ0n) is 9.62. The Morgan fingerprint density at radius 2 is 2.16 bits per heavy atom. The van der Waals surface area contributed by atoms with Gasteiger partial charge in [0.1, 0.15) is 6.10 Å². The summed E-state index contributed by atoms with van der Waals surface area (Å²) in [5.74, 6) is -0.700. The molecule has 3 atom stereocenters. The third kappa shape index (κ3) is 1.82. The quantitative estimate of drug-likeness (QED) is 0.858. The van der Waals surface area contributed by atoms with E-state index in [-0.39, 0.29) is 5.56 Å². The molecule has 3 unspecified atom stereocenters. The Balaban J connectivity index is 2.21. The van der Waals surface area contributed by atoms with E-state index in [2.05, 4.69) is 20.9 Å². The van der Waals surface area contributed by atoms with Crippen LogP contribution in [0, 0.1) is 5.92 Å². The highest BCUT2D eigenvalue weighted by Gasteiger charge is 2.70. The highest BCUT2D eigenvalue weighted by molar-refractivity contribution is 9.10. The largest absolute Gasteiger partial charge is 0.462 e. The molecule has 2 aliphatic rings. The van der Waals surface area contributed by atoms with Crippen molar-refractivity contribution in [2.24, 2.45) is 16.6 Å². The maximum Gasteiger partial charge on any atom is 0.418 e. The van der Waals surface area contributed by atoms with E-state index >= 15 is 0 Å². The number of benzene rings is 1. The SMILES string of the molecule is NC1=NC(c2cccc(Br)c2)(C(F)(F)F)C2CC2O1. The van der Waals surface area contributed by atoms with Crippen LogP contribution in [0.1, 0.15) is 12.0 Å². The fourth-order valence-electron chi connectivity index (χ4n) is 2.62. The molecule has 1 aliphatic heterocycles. The van der Waals surface area contributed by atoms with Gasteiger partial charge in [-0.1, -0.05) is 28.1 Å². The van der Waals surface area contributed by atoms with Crippen molar-refractivity contribution in [2.45, 2.75) is 24.2 Å². The Labute approximate surface area is 115 Å². The molecule has 1 saturated carbocycles. The highest BCUT2D eigenvalue weighted by atomic mass is 79.9. The minimum Gasteiger partial charge on any atom is -0.462 e. The Hall–Kier alpha value is -1.24. The molecule has 102 valence electrons.